The molecule has 92 valence electrons. The molecule has 1 atom stereocenters. The number of aryl methyl sites for hydroxylation is 1. The van der Waals surface area contributed by atoms with Gasteiger partial charge in [0.2, 0.25) is 5.91 Å². The number of hydrogen-bond acceptors (Lipinski definition) is 3. The molecule has 3 nitrogen and oxygen atoms in total. The summed E-state index contributed by atoms with van der Waals surface area (Å²) in [5, 5.41) is 2.91. The lowest BCUT2D eigenvalue weighted by Gasteiger charge is -2.17. The minimum atomic E-state index is -0.139. The van der Waals surface area contributed by atoms with E-state index in [2.05, 4.69) is 17.4 Å². The summed E-state index contributed by atoms with van der Waals surface area (Å²) in [5.74, 6) is 1.06. The van der Waals surface area contributed by atoms with Gasteiger partial charge in [0.25, 0.3) is 0 Å². The first-order chi connectivity index (χ1) is 8.20. The summed E-state index contributed by atoms with van der Waals surface area (Å²) in [6.45, 7) is 2.22. The average molecular weight is 250 g/mol. The first kappa shape index (κ1) is 12.5. The van der Waals surface area contributed by atoms with Gasteiger partial charge >= 0.3 is 0 Å². The molecule has 0 radical (unpaired) electrons. The van der Waals surface area contributed by atoms with E-state index >= 15 is 0 Å². The zero-order valence-corrected chi connectivity index (χ0v) is 10.8. The van der Waals surface area contributed by atoms with E-state index in [0.717, 1.165) is 12.1 Å². The quantitative estimate of drug-likeness (QED) is 0.865. The number of nitrogens with two attached hydrogens (primary N) is 1. The first-order valence-electron chi connectivity index (χ1n) is 5.97. The van der Waals surface area contributed by atoms with Crippen LogP contribution in [0.5, 0.6) is 0 Å². The fourth-order valence-corrected chi connectivity index (χ4v) is 2.83. The van der Waals surface area contributed by atoms with Crippen LogP contribution in [0.15, 0.2) is 23.1 Å². The number of nitrogens with one attached hydrogen (secondary N) is 1. The predicted octanol–water partition coefficient (Wildman–Crippen LogP) is 2.26. The van der Waals surface area contributed by atoms with Crippen LogP contribution in [-0.4, -0.2) is 18.2 Å². The lowest BCUT2D eigenvalue weighted by molar-refractivity contribution is -0.119. The van der Waals surface area contributed by atoms with Crippen LogP contribution in [0.2, 0.25) is 0 Å². The van der Waals surface area contributed by atoms with Gasteiger partial charge in [-0.05, 0) is 42.4 Å². The van der Waals surface area contributed by atoms with Crippen molar-refractivity contribution in [3.63, 3.8) is 0 Å². The molecular weight excluding hydrogens is 232 g/mol. The molecule has 1 unspecified atom stereocenters. The smallest absolute Gasteiger partial charge is 0.228 e. The van der Waals surface area contributed by atoms with E-state index in [1.807, 2.05) is 24.8 Å². The Hall–Kier alpha value is -1.00. The number of amides is 1. The molecule has 4 heteroatoms. The maximum absolute atomic E-state index is 11.7. The molecule has 0 aliphatic carbocycles. The number of benzene rings is 1. The van der Waals surface area contributed by atoms with Gasteiger partial charge in [-0.2, -0.15) is 0 Å². The van der Waals surface area contributed by atoms with Crippen molar-refractivity contribution in [2.24, 2.45) is 11.7 Å². The van der Waals surface area contributed by atoms with Gasteiger partial charge in [-0.25, -0.2) is 0 Å². The van der Waals surface area contributed by atoms with Crippen molar-refractivity contribution < 1.29 is 4.79 Å². The molecule has 17 heavy (non-hydrogen) atoms. The van der Waals surface area contributed by atoms with Gasteiger partial charge in [-0.15, -0.1) is 11.8 Å². The summed E-state index contributed by atoms with van der Waals surface area (Å²) in [6, 6.07) is 6.16. The van der Waals surface area contributed by atoms with Crippen molar-refractivity contribution in [3.8, 4) is 0 Å². The fourth-order valence-electron chi connectivity index (χ4n) is 1.81. The van der Waals surface area contributed by atoms with Gasteiger partial charge in [0, 0.05) is 23.0 Å². The summed E-state index contributed by atoms with van der Waals surface area (Å²) < 4.78 is 0. The van der Waals surface area contributed by atoms with Gasteiger partial charge in [-0.1, -0.05) is 6.92 Å². The number of rotatable bonds is 3. The molecular formula is C13H18N2OS. The van der Waals surface area contributed by atoms with E-state index < -0.39 is 0 Å². The number of carbonyl (C=O) groups is 1. The second-order valence-corrected chi connectivity index (χ2v) is 5.54. The molecule has 1 heterocycles. The Bertz CT molecular complexity index is 420. The van der Waals surface area contributed by atoms with Crippen LogP contribution in [0.1, 0.15) is 18.9 Å². The van der Waals surface area contributed by atoms with Gasteiger partial charge in [-0.3, -0.25) is 4.79 Å². The monoisotopic (exact) mass is 250 g/mol. The van der Waals surface area contributed by atoms with E-state index in [-0.39, 0.29) is 11.8 Å². The van der Waals surface area contributed by atoms with Crippen LogP contribution in [0.4, 0.5) is 5.69 Å². The summed E-state index contributed by atoms with van der Waals surface area (Å²) >= 11 is 1.89. The van der Waals surface area contributed by atoms with Crippen molar-refractivity contribution >= 4 is 23.4 Å². The van der Waals surface area contributed by atoms with Gasteiger partial charge in [0.1, 0.15) is 0 Å². The number of hydrogen-bond donors (Lipinski definition) is 2. The molecule has 0 fully saturated rings. The highest BCUT2D eigenvalue weighted by molar-refractivity contribution is 7.99. The van der Waals surface area contributed by atoms with Crippen molar-refractivity contribution in [2.45, 2.75) is 24.7 Å². The minimum Gasteiger partial charge on any atom is -0.330 e. The molecule has 1 amide bonds. The number of anilines is 1. The third kappa shape index (κ3) is 3.01. The van der Waals surface area contributed by atoms with Crippen LogP contribution in [0, 0.1) is 5.92 Å². The largest absolute Gasteiger partial charge is 0.330 e. The Morgan fingerprint density at radius 3 is 3.18 bits per heavy atom. The number of fused-ring (bicyclic) bond motifs is 1. The second-order valence-electron chi connectivity index (χ2n) is 4.40. The van der Waals surface area contributed by atoms with Crippen molar-refractivity contribution in [1.82, 2.24) is 0 Å². The van der Waals surface area contributed by atoms with Gasteiger partial charge in [0.05, 0.1) is 0 Å². The van der Waals surface area contributed by atoms with Gasteiger partial charge < -0.3 is 11.1 Å². The predicted molar refractivity (Wildman–Crippen MR) is 72.3 cm³/mol. The van der Waals surface area contributed by atoms with E-state index in [1.54, 1.807) is 0 Å². The minimum absolute atomic E-state index is 0.00378. The van der Waals surface area contributed by atoms with Crippen LogP contribution in [-0.2, 0) is 11.2 Å². The molecule has 0 aromatic heterocycles. The molecule has 1 aromatic carbocycles. The maximum Gasteiger partial charge on any atom is 0.228 e. The third-order valence-electron chi connectivity index (χ3n) is 2.98. The normalized spacial score (nSPS) is 16.1. The SMILES string of the molecule is CC(CN)C(=O)Nc1ccc2c(c1)CCCS2. The molecule has 1 aromatic rings. The molecule has 3 N–H and O–H groups in total. The third-order valence-corrected chi connectivity index (χ3v) is 4.18. The second kappa shape index (κ2) is 5.56. The molecule has 0 spiro atoms. The summed E-state index contributed by atoms with van der Waals surface area (Å²) in [6.07, 6.45) is 2.33. The topological polar surface area (TPSA) is 55.1 Å². The van der Waals surface area contributed by atoms with E-state index in [9.17, 15) is 4.79 Å². The number of thioether (sulfide) groups is 1. The summed E-state index contributed by atoms with van der Waals surface area (Å²) in [7, 11) is 0. The highest BCUT2D eigenvalue weighted by Crippen LogP contribution is 2.31. The standard InChI is InChI=1S/C13H18N2OS/c1-9(8-14)13(16)15-11-4-5-12-10(7-11)3-2-6-17-12/h4-5,7,9H,2-3,6,8,14H2,1H3,(H,15,16). The molecule has 2 rings (SSSR count). The Morgan fingerprint density at radius 2 is 2.41 bits per heavy atom. The first-order valence-corrected chi connectivity index (χ1v) is 6.96. The van der Waals surface area contributed by atoms with Crippen molar-refractivity contribution in [2.75, 3.05) is 17.6 Å². The summed E-state index contributed by atoms with van der Waals surface area (Å²) in [4.78, 5) is 13.1. The Kier molecular flexibility index (Phi) is 4.07. The highest BCUT2D eigenvalue weighted by Gasteiger charge is 2.13. The van der Waals surface area contributed by atoms with Crippen LogP contribution in [0.25, 0.3) is 0 Å². The molecule has 1 aliphatic heterocycles. The van der Waals surface area contributed by atoms with Gasteiger partial charge in [0.15, 0.2) is 0 Å². The zero-order valence-electron chi connectivity index (χ0n) is 10.0. The number of carbonyl (C=O) groups excluding carboxylic acids is 1. The summed E-state index contributed by atoms with van der Waals surface area (Å²) in [5.41, 5.74) is 7.71. The molecule has 0 saturated carbocycles. The molecule has 0 saturated heterocycles. The Labute approximate surface area is 106 Å². The highest BCUT2D eigenvalue weighted by atomic mass is 32.2. The van der Waals surface area contributed by atoms with E-state index in [1.165, 1.54) is 22.6 Å². The van der Waals surface area contributed by atoms with E-state index in [4.69, 9.17) is 5.73 Å². The Morgan fingerprint density at radius 1 is 1.59 bits per heavy atom. The van der Waals surface area contributed by atoms with Crippen LogP contribution < -0.4 is 11.1 Å². The molecule has 0 bridgehead atoms. The average Bonchev–Trinajstić information content (AvgIpc) is 2.37. The fraction of sp³-hybridized carbons (Fsp3) is 0.462. The van der Waals surface area contributed by atoms with Crippen LogP contribution >= 0.6 is 11.8 Å². The van der Waals surface area contributed by atoms with Crippen molar-refractivity contribution in [1.29, 1.82) is 0 Å². The van der Waals surface area contributed by atoms with Crippen molar-refractivity contribution in [3.05, 3.63) is 23.8 Å². The van der Waals surface area contributed by atoms with E-state index in [0.29, 0.717) is 6.54 Å². The lowest BCUT2D eigenvalue weighted by Crippen LogP contribution is -2.26. The maximum atomic E-state index is 11.7. The van der Waals surface area contributed by atoms with Crippen LogP contribution in [0.3, 0.4) is 0 Å². The lowest BCUT2D eigenvalue weighted by atomic mass is 10.1. The Balaban J connectivity index is 2.09. The zero-order chi connectivity index (χ0) is 12.3. The molecule has 1 aliphatic rings.